The minimum atomic E-state index is -0.533. The minimum absolute atomic E-state index is 0.00797. The van der Waals surface area contributed by atoms with Crippen LogP contribution in [0.3, 0.4) is 0 Å². The smallest absolute Gasteiger partial charge is 0.261 e. The van der Waals surface area contributed by atoms with Crippen molar-refractivity contribution < 1.29 is 28.9 Å². The van der Waals surface area contributed by atoms with Crippen LogP contribution in [0, 0.1) is 0 Å². The van der Waals surface area contributed by atoms with Crippen molar-refractivity contribution in [1.82, 2.24) is 9.80 Å². The van der Waals surface area contributed by atoms with Gasteiger partial charge >= 0.3 is 0 Å². The first-order valence-corrected chi connectivity index (χ1v) is 16.4. The molecular weight excluding hydrogens is 592 g/mol. The SMILES string of the molecule is COC[C@@H]1CCCN1C[C@@H]1C[C@H](c2ccc(CO)cc2)O[C@H](c2ccc(-c3cccc(CN4C(=O)c5ccccc5C4=O)c3)cc2)O1. The van der Waals surface area contributed by atoms with Crippen LogP contribution >= 0.6 is 0 Å². The van der Waals surface area contributed by atoms with Crippen LogP contribution in [0.15, 0.2) is 97.1 Å². The average molecular weight is 633 g/mol. The normalized spacial score (nSPS) is 23.0. The number of carbonyl (C=O) groups excluding carboxylic acids is 2. The number of ether oxygens (including phenoxy) is 3. The van der Waals surface area contributed by atoms with Gasteiger partial charge in [0.05, 0.1) is 43.1 Å². The first-order valence-electron chi connectivity index (χ1n) is 16.4. The summed E-state index contributed by atoms with van der Waals surface area (Å²) >= 11 is 0. The fourth-order valence-electron chi connectivity index (χ4n) is 7.06. The number of methoxy groups -OCH3 is 1. The fraction of sp³-hybridized carbons (Fsp3) is 0.333. The molecule has 3 heterocycles. The predicted molar refractivity (Wildman–Crippen MR) is 177 cm³/mol. The van der Waals surface area contributed by atoms with Crippen LogP contribution in [0.4, 0.5) is 0 Å². The molecule has 4 aromatic rings. The van der Waals surface area contributed by atoms with E-state index >= 15 is 0 Å². The van der Waals surface area contributed by atoms with Crippen molar-refractivity contribution in [3.05, 3.63) is 130 Å². The predicted octanol–water partition coefficient (Wildman–Crippen LogP) is 6.30. The molecule has 0 bridgehead atoms. The lowest BCUT2D eigenvalue weighted by Gasteiger charge is -2.38. The molecule has 0 aromatic heterocycles. The van der Waals surface area contributed by atoms with E-state index in [9.17, 15) is 14.7 Å². The zero-order valence-electron chi connectivity index (χ0n) is 26.6. The highest BCUT2D eigenvalue weighted by molar-refractivity contribution is 6.21. The maximum Gasteiger partial charge on any atom is 0.261 e. The zero-order valence-corrected chi connectivity index (χ0v) is 26.6. The van der Waals surface area contributed by atoms with Crippen LogP contribution < -0.4 is 0 Å². The van der Waals surface area contributed by atoms with Crippen molar-refractivity contribution in [2.45, 2.75) is 57.0 Å². The van der Waals surface area contributed by atoms with Crippen molar-refractivity contribution in [3.8, 4) is 11.1 Å². The number of hydrogen-bond acceptors (Lipinski definition) is 7. The largest absolute Gasteiger partial charge is 0.392 e. The Labute approximate surface area is 275 Å². The van der Waals surface area contributed by atoms with Gasteiger partial charge in [-0.25, -0.2) is 0 Å². The van der Waals surface area contributed by atoms with Crippen molar-refractivity contribution in [2.75, 3.05) is 26.8 Å². The molecule has 0 saturated carbocycles. The number of benzene rings is 4. The third-order valence-electron chi connectivity index (χ3n) is 9.57. The van der Waals surface area contributed by atoms with E-state index in [-0.39, 0.29) is 37.2 Å². The van der Waals surface area contributed by atoms with Crippen LogP contribution in [0.1, 0.15) is 74.6 Å². The molecule has 8 nitrogen and oxygen atoms in total. The van der Waals surface area contributed by atoms with Crippen molar-refractivity contribution >= 4 is 11.8 Å². The average Bonchev–Trinajstić information content (AvgIpc) is 3.65. The molecule has 242 valence electrons. The number of nitrogens with zero attached hydrogens (tertiary/aromatic N) is 2. The topological polar surface area (TPSA) is 88.5 Å². The number of aliphatic hydroxyl groups is 1. The molecule has 4 atom stereocenters. The van der Waals surface area contributed by atoms with E-state index in [4.69, 9.17) is 14.2 Å². The summed E-state index contributed by atoms with van der Waals surface area (Å²) in [5.41, 5.74) is 6.68. The molecule has 0 radical (unpaired) electrons. The maximum atomic E-state index is 12.9. The summed E-state index contributed by atoms with van der Waals surface area (Å²) < 4.78 is 18.7. The summed E-state index contributed by atoms with van der Waals surface area (Å²) in [6.07, 6.45) is 2.33. The second kappa shape index (κ2) is 13.9. The van der Waals surface area contributed by atoms with Crippen LogP contribution in [0.2, 0.25) is 0 Å². The molecule has 0 aliphatic carbocycles. The number of imide groups is 1. The van der Waals surface area contributed by atoms with E-state index in [2.05, 4.69) is 29.2 Å². The molecule has 0 spiro atoms. The number of fused-ring (bicyclic) bond motifs is 1. The van der Waals surface area contributed by atoms with Crippen molar-refractivity contribution in [3.63, 3.8) is 0 Å². The minimum Gasteiger partial charge on any atom is -0.392 e. The summed E-state index contributed by atoms with van der Waals surface area (Å²) in [5, 5.41) is 9.54. The highest BCUT2D eigenvalue weighted by Gasteiger charge is 2.36. The molecule has 3 aliphatic rings. The van der Waals surface area contributed by atoms with E-state index in [1.165, 1.54) is 4.90 Å². The molecule has 7 rings (SSSR count). The van der Waals surface area contributed by atoms with Crippen LogP contribution in [0.25, 0.3) is 11.1 Å². The standard InChI is InChI=1S/C39H40N2O6/c1-45-25-32-8-5-19-40(32)23-33-21-36(29-13-11-26(24-42)12-14-29)47-39(46-33)30-17-15-28(16-18-30)31-7-4-6-27(20-31)22-41-37(43)34-9-2-3-10-35(34)38(41)44/h2-4,6-7,9-18,20,32-33,36,39,42H,5,8,19,21-25H2,1H3/t32-,33-,36+,39+/m0/s1. The number of likely N-dealkylation sites (tertiary alicyclic amines) is 1. The third-order valence-corrected chi connectivity index (χ3v) is 9.57. The van der Waals surface area contributed by atoms with Gasteiger partial charge in [0.2, 0.25) is 0 Å². The molecule has 4 aromatic carbocycles. The zero-order chi connectivity index (χ0) is 32.3. The van der Waals surface area contributed by atoms with E-state index < -0.39 is 6.29 Å². The van der Waals surface area contributed by atoms with Gasteiger partial charge < -0.3 is 19.3 Å². The van der Waals surface area contributed by atoms with Crippen molar-refractivity contribution in [1.29, 1.82) is 0 Å². The third kappa shape index (κ3) is 6.66. The van der Waals surface area contributed by atoms with Gasteiger partial charge in [0.25, 0.3) is 11.8 Å². The van der Waals surface area contributed by atoms with Crippen LogP contribution in [0.5, 0.6) is 0 Å². The molecule has 3 aliphatic heterocycles. The molecule has 47 heavy (non-hydrogen) atoms. The Morgan fingerprint density at radius 1 is 0.809 bits per heavy atom. The second-order valence-electron chi connectivity index (χ2n) is 12.7. The Balaban J connectivity index is 1.08. The maximum absolute atomic E-state index is 12.9. The van der Waals surface area contributed by atoms with Gasteiger partial charge in [-0.15, -0.1) is 0 Å². The summed E-state index contributed by atoms with van der Waals surface area (Å²) in [4.78, 5) is 29.6. The number of aliphatic hydroxyl groups excluding tert-OH is 1. The summed E-state index contributed by atoms with van der Waals surface area (Å²) in [6.45, 7) is 2.80. The van der Waals surface area contributed by atoms with E-state index in [1.54, 1.807) is 31.4 Å². The lowest BCUT2D eigenvalue weighted by molar-refractivity contribution is -0.253. The van der Waals surface area contributed by atoms with Crippen molar-refractivity contribution in [2.24, 2.45) is 0 Å². The van der Waals surface area contributed by atoms with E-state index in [1.807, 2.05) is 48.5 Å². The van der Waals surface area contributed by atoms with Gasteiger partial charge in [0, 0.05) is 31.7 Å². The van der Waals surface area contributed by atoms with Gasteiger partial charge in [0.1, 0.15) is 0 Å². The second-order valence-corrected chi connectivity index (χ2v) is 12.7. The van der Waals surface area contributed by atoms with E-state index in [0.717, 1.165) is 72.3 Å². The number of hydrogen-bond donors (Lipinski definition) is 1. The van der Waals surface area contributed by atoms with Gasteiger partial charge in [-0.1, -0.05) is 78.9 Å². The van der Waals surface area contributed by atoms with E-state index in [0.29, 0.717) is 17.2 Å². The molecule has 2 fully saturated rings. The van der Waals surface area contributed by atoms with Gasteiger partial charge in [-0.05, 0) is 65.4 Å². The fourth-order valence-corrected chi connectivity index (χ4v) is 7.06. The molecular formula is C39H40N2O6. The Morgan fingerprint density at radius 2 is 1.53 bits per heavy atom. The summed E-state index contributed by atoms with van der Waals surface area (Å²) in [7, 11) is 1.76. The molecule has 0 unspecified atom stereocenters. The number of rotatable bonds is 10. The highest BCUT2D eigenvalue weighted by Crippen LogP contribution is 2.39. The van der Waals surface area contributed by atoms with Gasteiger partial charge in [-0.2, -0.15) is 0 Å². The first-order chi connectivity index (χ1) is 23.0. The quantitative estimate of drug-likeness (QED) is 0.205. The lowest BCUT2D eigenvalue weighted by atomic mass is 9.98. The van der Waals surface area contributed by atoms with Crippen LogP contribution in [-0.2, 0) is 27.4 Å². The summed E-state index contributed by atoms with van der Waals surface area (Å²) in [6, 6.07) is 31.5. The van der Waals surface area contributed by atoms with Gasteiger partial charge in [-0.3, -0.25) is 19.4 Å². The molecule has 2 amide bonds. The monoisotopic (exact) mass is 632 g/mol. The Morgan fingerprint density at radius 3 is 2.23 bits per heavy atom. The first kappa shape index (κ1) is 31.4. The number of amides is 2. The number of carbonyl (C=O) groups is 2. The molecule has 8 heteroatoms. The Kier molecular flexibility index (Phi) is 9.29. The Hall–Kier alpha value is -4.18. The Bertz CT molecular complexity index is 1690. The lowest BCUT2D eigenvalue weighted by Crippen LogP contribution is -2.42. The molecule has 1 N–H and O–H groups in total. The summed E-state index contributed by atoms with van der Waals surface area (Å²) in [5.74, 6) is -0.513. The van der Waals surface area contributed by atoms with Gasteiger partial charge in [0.15, 0.2) is 6.29 Å². The molecule has 2 saturated heterocycles. The van der Waals surface area contributed by atoms with Crippen LogP contribution in [-0.4, -0.2) is 65.7 Å². The highest BCUT2D eigenvalue weighted by atomic mass is 16.7.